The van der Waals surface area contributed by atoms with Crippen LogP contribution in [0.4, 0.5) is 13.2 Å². The molecule has 1 aromatic heterocycles. The van der Waals surface area contributed by atoms with Gasteiger partial charge in [-0.2, -0.15) is 15.6 Å². The Morgan fingerprint density at radius 1 is 1.21 bits per heavy atom. The van der Waals surface area contributed by atoms with Gasteiger partial charge in [0.05, 0.1) is 46.6 Å². The van der Waals surface area contributed by atoms with Crippen LogP contribution in [0.3, 0.4) is 0 Å². The minimum Gasteiger partial charge on any atom is -0.356 e. The molecule has 1 unspecified atom stereocenters. The second-order valence-electron chi connectivity index (χ2n) is 5.28. The van der Waals surface area contributed by atoms with Crippen LogP contribution in [0.15, 0.2) is 40.9 Å². The van der Waals surface area contributed by atoms with Crippen molar-refractivity contribution in [2.45, 2.75) is 19.3 Å². The first-order valence-corrected chi connectivity index (χ1v) is 6.90. The van der Waals surface area contributed by atoms with Gasteiger partial charge < -0.3 is 5.32 Å². The molecule has 0 bridgehead atoms. The number of nitrogens with one attached hydrogen (secondary N) is 2. The van der Waals surface area contributed by atoms with E-state index in [4.69, 9.17) is 0 Å². The van der Waals surface area contributed by atoms with Gasteiger partial charge in [-0.15, -0.1) is 0 Å². The zero-order chi connectivity index (χ0) is 17.4. The van der Waals surface area contributed by atoms with Gasteiger partial charge in [0.25, 0.3) is 6.43 Å². The molecule has 24 heavy (non-hydrogen) atoms. The van der Waals surface area contributed by atoms with Crippen molar-refractivity contribution in [2.75, 3.05) is 0 Å². The molecule has 0 spiro atoms. The normalized spacial score (nSPS) is 17.9. The Hall–Kier alpha value is -3.26. The van der Waals surface area contributed by atoms with E-state index in [1.54, 1.807) is 6.07 Å². The molecule has 8 heteroatoms. The summed E-state index contributed by atoms with van der Waals surface area (Å²) in [5.41, 5.74) is -0.363. The van der Waals surface area contributed by atoms with E-state index >= 15 is 0 Å². The highest BCUT2D eigenvalue weighted by Crippen LogP contribution is 2.40. The zero-order valence-electron chi connectivity index (χ0n) is 12.4. The van der Waals surface area contributed by atoms with Crippen molar-refractivity contribution in [3.8, 4) is 12.1 Å². The quantitative estimate of drug-likeness (QED) is 0.885. The molecule has 1 aliphatic rings. The molecule has 1 aliphatic heterocycles. The monoisotopic (exact) mass is 329 g/mol. The number of benzene rings is 1. The van der Waals surface area contributed by atoms with Gasteiger partial charge in [0.15, 0.2) is 0 Å². The number of halogens is 3. The van der Waals surface area contributed by atoms with Crippen LogP contribution in [0.25, 0.3) is 10.9 Å². The summed E-state index contributed by atoms with van der Waals surface area (Å²) in [6, 6.07) is 6.17. The van der Waals surface area contributed by atoms with Crippen molar-refractivity contribution >= 4 is 10.9 Å². The minimum absolute atomic E-state index is 0.0176. The number of alkyl halides is 2. The second-order valence-corrected chi connectivity index (χ2v) is 5.28. The van der Waals surface area contributed by atoms with Crippen LogP contribution >= 0.6 is 0 Å². The van der Waals surface area contributed by atoms with Crippen LogP contribution in [0.1, 0.15) is 18.4 Å². The van der Waals surface area contributed by atoms with Gasteiger partial charge >= 0.3 is 0 Å². The number of H-pyrrole nitrogens is 1. The number of hydrogen-bond acceptors (Lipinski definition) is 4. The molecule has 120 valence electrons. The largest absolute Gasteiger partial charge is 0.356 e. The molecule has 3 rings (SSSR count). The number of allylic oxidation sites excluding steroid dienone is 4. The lowest BCUT2D eigenvalue weighted by atomic mass is 9.81. The van der Waals surface area contributed by atoms with Crippen molar-refractivity contribution in [1.82, 2.24) is 15.5 Å². The standard InChI is InChI=1S/C16H10F3N5/c1-7-10(4-20)14(11(5-21)15(23-7)16(18)19)9-2-8-6-22-24-13(8)3-12(9)17/h2-3,6,14,16,23H,1H3,(H,22,24). The number of nitrogens with zero attached hydrogens (tertiary/aromatic N) is 3. The number of rotatable bonds is 2. The minimum atomic E-state index is -2.95. The number of dihydropyridines is 1. The van der Waals surface area contributed by atoms with E-state index in [2.05, 4.69) is 15.5 Å². The van der Waals surface area contributed by atoms with Gasteiger partial charge in [0.1, 0.15) is 5.82 Å². The summed E-state index contributed by atoms with van der Waals surface area (Å²) in [6.45, 7) is 1.44. The molecule has 0 fully saturated rings. The summed E-state index contributed by atoms with van der Waals surface area (Å²) in [5.74, 6) is -1.90. The van der Waals surface area contributed by atoms with Crippen molar-refractivity contribution in [3.63, 3.8) is 0 Å². The molecule has 0 radical (unpaired) electrons. The van der Waals surface area contributed by atoms with E-state index in [1.807, 2.05) is 6.07 Å². The highest BCUT2D eigenvalue weighted by molar-refractivity contribution is 5.79. The maximum absolute atomic E-state index is 14.5. The molecule has 2 heterocycles. The summed E-state index contributed by atoms with van der Waals surface area (Å²) >= 11 is 0. The maximum atomic E-state index is 14.5. The van der Waals surface area contributed by atoms with E-state index in [9.17, 15) is 23.7 Å². The van der Waals surface area contributed by atoms with Gasteiger partial charge in [-0.05, 0) is 19.1 Å². The first-order chi connectivity index (χ1) is 11.5. The summed E-state index contributed by atoms with van der Waals surface area (Å²) in [5, 5.41) is 28.1. The lowest BCUT2D eigenvalue weighted by molar-refractivity contribution is 0.180. The molecular formula is C16H10F3N5. The summed E-state index contributed by atoms with van der Waals surface area (Å²) in [6.07, 6.45) is -1.50. The van der Waals surface area contributed by atoms with Crippen LogP contribution in [-0.2, 0) is 0 Å². The molecule has 1 atom stereocenters. The smallest absolute Gasteiger partial charge is 0.279 e. The Bertz CT molecular complexity index is 972. The van der Waals surface area contributed by atoms with Crippen LogP contribution in [0, 0.1) is 28.5 Å². The van der Waals surface area contributed by atoms with E-state index in [0.29, 0.717) is 10.9 Å². The first kappa shape index (κ1) is 15.6. The lowest BCUT2D eigenvalue weighted by Gasteiger charge is -2.27. The molecule has 0 saturated carbocycles. The van der Waals surface area contributed by atoms with E-state index in [1.165, 1.54) is 25.3 Å². The zero-order valence-corrected chi connectivity index (χ0v) is 12.4. The van der Waals surface area contributed by atoms with Crippen molar-refractivity contribution in [1.29, 1.82) is 10.5 Å². The second kappa shape index (κ2) is 5.74. The van der Waals surface area contributed by atoms with Crippen molar-refractivity contribution in [2.24, 2.45) is 0 Å². The number of aromatic nitrogens is 2. The average Bonchev–Trinajstić information content (AvgIpc) is 2.99. The van der Waals surface area contributed by atoms with E-state index in [0.717, 1.165) is 0 Å². The van der Waals surface area contributed by atoms with Gasteiger partial charge in [0, 0.05) is 16.6 Å². The predicted octanol–water partition coefficient (Wildman–Crippen LogP) is 3.23. The molecule has 1 aromatic carbocycles. The topological polar surface area (TPSA) is 88.3 Å². The summed E-state index contributed by atoms with van der Waals surface area (Å²) in [4.78, 5) is 0. The van der Waals surface area contributed by atoms with Crippen LogP contribution < -0.4 is 5.32 Å². The molecule has 2 aromatic rings. The summed E-state index contributed by atoms with van der Waals surface area (Å²) in [7, 11) is 0. The molecule has 5 nitrogen and oxygen atoms in total. The van der Waals surface area contributed by atoms with Crippen LogP contribution in [0.5, 0.6) is 0 Å². The third-order valence-electron chi connectivity index (χ3n) is 3.92. The SMILES string of the molecule is CC1=C(C#N)C(c2cc3cn[nH]c3cc2F)C(C#N)=C(C(F)F)N1. The maximum Gasteiger partial charge on any atom is 0.279 e. The highest BCUT2D eigenvalue weighted by atomic mass is 19.3. The third kappa shape index (κ3) is 2.29. The predicted molar refractivity (Wildman–Crippen MR) is 78.9 cm³/mol. The fraction of sp³-hybridized carbons (Fsp3) is 0.188. The van der Waals surface area contributed by atoms with Gasteiger partial charge in [0.2, 0.25) is 0 Å². The highest BCUT2D eigenvalue weighted by Gasteiger charge is 2.35. The van der Waals surface area contributed by atoms with Crippen LogP contribution in [0.2, 0.25) is 0 Å². The van der Waals surface area contributed by atoms with Gasteiger partial charge in [-0.25, -0.2) is 13.2 Å². The molecule has 0 saturated heterocycles. The molecular weight excluding hydrogens is 319 g/mol. The Labute approximate surface area is 134 Å². The van der Waals surface area contributed by atoms with Gasteiger partial charge in [-0.3, -0.25) is 5.10 Å². The Morgan fingerprint density at radius 3 is 2.54 bits per heavy atom. The first-order valence-electron chi connectivity index (χ1n) is 6.90. The Morgan fingerprint density at radius 2 is 1.92 bits per heavy atom. The number of hydrogen-bond donors (Lipinski definition) is 2. The lowest BCUT2D eigenvalue weighted by Crippen LogP contribution is -2.28. The fourth-order valence-electron chi connectivity index (χ4n) is 2.81. The Kier molecular flexibility index (Phi) is 3.74. The fourth-order valence-corrected chi connectivity index (χ4v) is 2.81. The summed E-state index contributed by atoms with van der Waals surface area (Å²) < 4.78 is 41.1. The third-order valence-corrected chi connectivity index (χ3v) is 3.92. The number of aromatic amines is 1. The van der Waals surface area contributed by atoms with E-state index in [-0.39, 0.29) is 22.4 Å². The number of nitriles is 2. The molecule has 2 N–H and O–H groups in total. The van der Waals surface area contributed by atoms with E-state index < -0.39 is 23.9 Å². The molecule has 0 aliphatic carbocycles. The average molecular weight is 329 g/mol. The van der Waals surface area contributed by atoms with Crippen LogP contribution in [-0.4, -0.2) is 16.6 Å². The van der Waals surface area contributed by atoms with Crippen molar-refractivity contribution in [3.05, 3.63) is 52.3 Å². The Balaban J connectivity index is 2.30. The molecule has 0 amide bonds. The van der Waals surface area contributed by atoms with Gasteiger partial charge in [-0.1, -0.05) is 0 Å². The van der Waals surface area contributed by atoms with Crippen molar-refractivity contribution < 1.29 is 13.2 Å². The number of fused-ring (bicyclic) bond motifs is 1.